The van der Waals surface area contributed by atoms with E-state index in [9.17, 15) is 17.2 Å². The minimum atomic E-state index is -4.56. The number of likely N-dealkylation sites (N-methyl/N-ethyl adjacent to an activating group) is 1. The Morgan fingerprint density at radius 1 is 1.37 bits per heavy atom. The van der Waals surface area contributed by atoms with Crippen molar-refractivity contribution >= 4 is 15.5 Å². The summed E-state index contributed by atoms with van der Waals surface area (Å²) >= 11 is 0. The van der Waals surface area contributed by atoms with E-state index in [0.717, 1.165) is 6.42 Å². The van der Waals surface area contributed by atoms with Crippen LogP contribution in [0.5, 0.6) is 0 Å². The molecule has 0 radical (unpaired) electrons. The van der Waals surface area contributed by atoms with E-state index in [1.54, 1.807) is 12.1 Å². The fraction of sp³-hybridized carbons (Fsp3) is 0.500. The number of para-hydroxylation sites is 1. The number of halogens is 2. The number of hydrogen-bond acceptors (Lipinski definition) is 4. The van der Waals surface area contributed by atoms with E-state index < -0.39 is 15.6 Å². The molecule has 1 fully saturated rings. The molecule has 1 aliphatic heterocycles. The maximum Gasteiger partial charge on any atom is 0.341 e. The zero-order valence-corrected chi connectivity index (χ0v) is 11.3. The quantitative estimate of drug-likeness (QED) is 0.912. The first kappa shape index (κ1) is 14.2. The van der Waals surface area contributed by atoms with Gasteiger partial charge in [0.05, 0.1) is 10.6 Å². The third-order valence-corrected chi connectivity index (χ3v) is 4.77. The fourth-order valence-electron chi connectivity index (χ4n) is 2.27. The molecule has 1 atom stereocenters. The molecule has 1 N–H and O–H groups in total. The highest BCUT2D eigenvalue weighted by molar-refractivity contribution is 7.91. The van der Waals surface area contributed by atoms with Crippen LogP contribution in [-0.4, -0.2) is 40.4 Å². The van der Waals surface area contributed by atoms with Crippen molar-refractivity contribution in [2.45, 2.75) is 23.1 Å². The molecule has 4 nitrogen and oxygen atoms in total. The number of anilines is 1. The van der Waals surface area contributed by atoms with Crippen molar-refractivity contribution in [3.8, 4) is 0 Å². The Bertz CT molecular complexity index is 548. The smallest absolute Gasteiger partial charge is 0.341 e. The van der Waals surface area contributed by atoms with Gasteiger partial charge >= 0.3 is 5.76 Å². The van der Waals surface area contributed by atoms with E-state index in [-0.39, 0.29) is 10.9 Å². The molecule has 2 rings (SSSR count). The van der Waals surface area contributed by atoms with Crippen molar-refractivity contribution < 1.29 is 17.2 Å². The first-order valence-electron chi connectivity index (χ1n) is 6.00. The largest absolute Gasteiger partial charge is 0.369 e. The van der Waals surface area contributed by atoms with Gasteiger partial charge in [0.25, 0.3) is 0 Å². The van der Waals surface area contributed by atoms with E-state index in [4.69, 9.17) is 0 Å². The van der Waals surface area contributed by atoms with Crippen LogP contribution in [0.15, 0.2) is 29.2 Å². The molecule has 7 heteroatoms. The van der Waals surface area contributed by atoms with Gasteiger partial charge in [-0.3, -0.25) is 0 Å². The summed E-state index contributed by atoms with van der Waals surface area (Å²) in [7, 11) is -2.74. The lowest BCUT2D eigenvalue weighted by molar-refractivity contribution is 0.235. The SMILES string of the molecule is CNC1CCN(c2ccccc2S(=O)(=O)C(F)F)C1. The highest BCUT2D eigenvalue weighted by Crippen LogP contribution is 2.31. The summed E-state index contributed by atoms with van der Waals surface area (Å²) < 4.78 is 48.7. The average Bonchev–Trinajstić information content (AvgIpc) is 2.87. The van der Waals surface area contributed by atoms with Gasteiger partial charge in [0.2, 0.25) is 9.84 Å². The number of benzene rings is 1. The van der Waals surface area contributed by atoms with Crippen molar-refractivity contribution in [2.24, 2.45) is 0 Å². The molecule has 0 spiro atoms. The van der Waals surface area contributed by atoms with Crippen molar-refractivity contribution in [3.05, 3.63) is 24.3 Å². The second-order valence-corrected chi connectivity index (χ2v) is 6.38. The molecule has 1 unspecified atom stereocenters. The zero-order valence-electron chi connectivity index (χ0n) is 10.5. The Kier molecular flexibility index (Phi) is 4.05. The summed E-state index contributed by atoms with van der Waals surface area (Å²) in [4.78, 5) is 1.54. The molecule has 1 aromatic rings. The Balaban J connectivity index is 2.38. The van der Waals surface area contributed by atoms with Gasteiger partial charge in [-0.2, -0.15) is 8.78 Å². The molecule has 0 bridgehead atoms. The standard InChI is InChI=1S/C12H16F2N2O2S/c1-15-9-6-7-16(8-9)10-4-2-3-5-11(10)19(17,18)12(13)14/h2-5,9,12,15H,6-8H2,1H3. The number of alkyl halides is 2. The first-order valence-corrected chi connectivity index (χ1v) is 7.54. The van der Waals surface area contributed by atoms with Gasteiger partial charge in [0, 0.05) is 19.1 Å². The Morgan fingerprint density at radius 2 is 2.05 bits per heavy atom. The lowest BCUT2D eigenvalue weighted by Crippen LogP contribution is -2.30. The maximum absolute atomic E-state index is 12.7. The third-order valence-electron chi connectivity index (χ3n) is 3.34. The predicted molar refractivity (Wildman–Crippen MR) is 69.3 cm³/mol. The summed E-state index contributed by atoms with van der Waals surface area (Å²) in [5.41, 5.74) is 0.362. The van der Waals surface area contributed by atoms with Crippen molar-refractivity contribution in [2.75, 3.05) is 25.0 Å². The van der Waals surface area contributed by atoms with Crippen LogP contribution in [0.3, 0.4) is 0 Å². The van der Waals surface area contributed by atoms with E-state index in [0.29, 0.717) is 18.8 Å². The Morgan fingerprint density at radius 3 is 2.63 bits per heavy atom. The molecule has 1 aliphatic rings. The fourth-order valence-corrected chi connectivity index (χ4v) is 3.22. The molecule has 1 heterocycles. The first-order chi connectivity index (χ1) is 8.96. The summed E-state index contributed by atoms with van der Waals surface area (Å²) in [6, 6.07) is 6.19. The van der Waals surface area contributed by atoms with Crippen LogP contribution in [-0.2, 0) is 9.84 Å². The second kappa shape index (κ2) is 5.42. The van der Waals surface area contributed by atoms with Gasteiger partial charge in [-0.1, -0.05) is 12.1 Å². The van der Waals surface area contributed by atoms with Gasteiger partial charge < -0.3 is 10.2 Å². The van der Waals surface area contributed by atoms with E-state index in [1.165, 1.54) is 12.1 Å². The van der Waals surface area contributed by atoms with Gasteiger partial charge in [0.15, 0.2) is 0 Å². The molecule has 1 saturated heterocycles. The molecule has 0 saturated carbocycles. The van der Waals surface area contributed by atoms with Crippen LogP contribution >= 0.6 is 0 Å². The molecule has 1 aromatic carbocycles. The summed E-state index contributed by atoms with van der Waals surface area (Å²) in [6.07, 6.45) is 0.861. The monoisotopic (exact) mass is 290 g/mol. The van der Waals surface area contributed by atoms with E-state index in [2.05, 4.69) is 5.32 Å². The number of rotatable bonds is 4. The van der Waals surface area contributed by atoms with Crippen LogP contribution in [0.2, 0.25) is 0 Å². The summed E-state index contributed by atoms with van der Waals surface area (Å²) in [5, 5.41) is 3.11. The van der Waals surface area contributed by atoms with Gasteiger partial charge in [0.1, 0.15) is 0 Å². The minimum Gasteiger partial charge on any atom is -0.369 e. The van der Waals surface area contributed by atoms with E-state index >= 15 is 0 Å². The van der Waals surface area contributed by atoms with Gasteiger partial charge in [-0.05, 0) is 25.6 Å². The highest BCUT2D eigenvalue weighted by Gasteiger charge is 2.32. The topological polar surface area (TPSA) is 49.4 Å². The van der Waals surface area contributed by atoms with Crippen LogP contribution < -0.4 is 10.2 Å². The molecule has 0 amide bonds. The molecule has 0 aliphatic carbocycles. The zero-order chi connectivity index (χ0) is 14.0. The van der Waals surface area contributed by atoms with Gasteiger partial charge in [-0.25, -0.2) is 8.42 Å². The molecular formula is C12H16F2N2O2S. The van der Waals surface area contributed by atoms with Crippen LogP contribution in [0, 0.1) is 0 Å². The summed E-state index contributed by atoms with van der Waals surface area (Å²) in [6.45, 7) is 1.27. The number of sulfone groups is 1. The number of nitrogens with one attached hydrogen (secondary N) is 1. The maximum atomic E-state index is 12.7. The molecule has 106 valence electrons. The third kappa shape index (κ3) is 2.71. The number of nitrogens with zero attached hydrogens (tertiary/aromatic N) is 1. The van der Waals surface area contributed by atoms with Gasteiger partial charge in [-0.15, -0.1) is 0 Å². The lowest BCUT2D eigenvalue weighted by Gasteiger charge is -2.21. The second-order valence-electron chi connectivity index (χ2n) is 4.49. The molecule has 0 aromatic heterocycles. The van der Waals surface area contributed by atoms with Crippen LogP contribution in [0.4, 0.5) is 14.5 Å². The average molecular weight is 290 g/mol. The summed E-state index contributed by atoms with van der Waals surface area (Å²) in [5.74, 6) is -3.39. The minimum absolute atomic E-state index is 0.252. The van der Waals surface area contributed by atoms with Crippen molar-refractivity contribution in [3.63, 3.8) is 0 Å². The number of hydrogen-bond donors (Lipinski definition) is 1. The van der Waals surface area contributed by atoms with Crippen LogP contribution in [0.1, 0.15) is 6.42 Å². The Hall–Kier alpha value is -1.21. The molecule has 19 heavy (non-hydrogen) atoms. The van der Waals surface area contributed by atoms with Crippen molar-refractivity contribution in [1.82, 2.24) is 5.32 Å². The predicted octanol–water partition coefficient (Wildman–Crippen LogP) is 1.48. The van der Waals surface area contributed by atoms with E-state index in [1.807, 2.05) is 11.9 Å². The highest BCUT2D eigenvalue weighted by atomic mass is 32.2. The van der Waals surface area contributed by atoms with Crippen molar-refractivity contribution in [1.29, 1.82) is 0 Å². The molecular weight excluding hydrogens is 274 g/mol. The Labute approximate surface area is 111 Å². The van der Waals surface area contributed by atoms with Crippen LogP contribution in [0.25, 0.3) is 0 Å². The normalized spacial score (nSPS) is 20.2. The lowest BCUT2D eigenvalue weighted by atomic mass is 10.3.